The van der Waals surface area contributed by atoms with Gasteiger partial charge in [0.05, 0.1) is 39.9 Å². The van der Waals surface area contributed by atoms with Gasteiger partial charge in [-0.15, -0.1) is 0 Å². The molecule has 3 aromatic heterocycles. The summed E-state index contributed by atoms with van der Waals surface area (Å²) in [5.74, 6) is -5.87. The first-order valence-corrected chi connectivity index (χ1v) is 21.0. The summed E-state index contributed by atoms with van der Waals surface area (Å²) < 4.78 is 134. The van der Waals surface area contributed by atoms with Crippen molar-refractivity contribution in [1.82, 2.24) is 24.5 Å². The zero-order valence-electron chi connectivity index (χ0n) is 31.7. The summed E-state index contributed by atoms with van der Waals surface area (Å²) in [5.41, 5.74) is 1.92. The Hall–Kier alpha value is -5.19. The van der Waals surface area contributed by atoms with Gasteiger partial charge in [0.1, 0.15) is 29.1 Å². The molecule has 20 heteroatoms. The number of amides is 1. The van der Waals surface area contributed by atoms with Crippen molar-refractivity contribution < 1.29 is 49.1 Å². The summed E-state index contributed by atoms with van der Waals surface area (Å²) in [4.78, 5) is 18.7. The van der Waals surface area contributed by atoms with E-state index >= 15 is 8.78 Å². The van der Waals surface area contributed by atoms with Crippen LogP contribution in [0.2, 0.25) is 5.02 Å². The fourth-order valence-corrected chi connectivity index (χ4v) is 9.67. The minimum absolute atomic E-state index is 0.0232. The number of aryl methyl sites for hydroxylation is 1. The molecule has 2 fully saturated rings. The quantitative estimate of drug-likeness (QED) is 0.0981. The molecule has 0 aliphatic heterocycles. The molecule has 0 bridgehead atoms. The second-order valence-electron chi connectivity index (χ2n) is 15.8. The molecule has 2 saturated carbocycles. The average molecular weight is 878 g/mol. The molecule has 3 aliphatic rings. The van der Waals surface area contributed by atoms with Crippen LogP contribution >= 0.6 is 11.6 Å². The fraction of sp³-hybridized carbons (Fsp3) is 0.400. The van der Waals surface area contributed by atoms with Gasteiger partial charge in [0.15, 0.2) is 11.5 Å². The standard InChI is InChI=1S/C40H35ClF7N7O4S/c1-54-32-24(7-8-28(41)30(32)37(52-54)53-60(2,58)59)23-6-5-22(9-12-38(18-56)10-3-4-11-38)50-31(23)26(15-19-13-20(42)16-21(43)14-19)33(36(49)57)55-35-29(34(51-55)40(46,47)48)25-17-27(25)39(35,44)45/h5-8,13-14,16,25-27,33,56H,3-4,10-11,15,17-18H2,1-2H3,(H2,49,57)(H,52,53)/t25-,26+,27+,33?/m0/s1. The third-order valence-electron chi connectivity index (χ3n) is 11.6. The number of aliphatic hydroxyl groups is 1. The van der Waals surface area contributed by atoms with Crippen LogP contribution in [0.25, 0.3) is 22.0 Å². The summed E-state index contributed by atoms with van der Waals surface area (Å²) in [5, 5.41) is 18.4. The van der Waals surface area contributed by atoms with E-state index in [0.717, 1.165) is 31.2 Å². The van der Waals surface area contributed by atoms with Crippen LogP contribution in [0.15, 0.2) is 42.5 Å². The number of alkyl halides is 5. The molecule has 8 rings (SSSR count). The Labute approximate surface area is 343 Å². The molecular formula is C40H35ClF7N7O4S. The van der Waals surface area contributed by atoms with Crippen LogP contribution in [-0.2, 0) is 40.4 Å². The van der Waals surface area contributed by atoms with Crippen molar-refractivity contribution in [3.8, 4) is 23.0 Å². The maximum atomic E-state index is 16.2. The van der Waals surface area contributed by atoms with Crippen LogP contribution in [0.4, 0.5) is 36.6 Å². The van der Waals surface area contributed by atoms with Gasteiger partial charge in [-0.3, -0.25) is 14.2 Å². The summed E-state index contributed by atoms with van der Waals surface area (Å²) in [6.45, 7) is -0.266. The number of anilines is 1. The highest BCUT2D eigenvalue weighted by Gasteiger charge is 2.69. The van der Waals surface area contributed by atoms with Crippen molar-refractivity contribution in [3.05, 3.63) is 93.0 Å². The number of nitrogens with two attached hydrogens (primary N) is 1. The van der Waals surface area contributed by atoms with Crippen molar-refractivity contribution in [1.29, 1.82) is 0 Å². The first-order chi connectivity index (χ1) is 28.1. The molecule has 0 spiro atoms. The van der Waals surface area contributed by atoms with Gasteiger partial charge in [0, 0.05) is 41.6 Å². The molecule has 4 N–H and O–H groups in total. The maximum Gasteiger partial charge on any atom is 0.435 e. The van der Waals surface area contributed by atoms with Crippen LogP contribution in [0, 0.1) is 34.8 Å². The number of rotatable bonds is 10. The molecule has 0 radical (unpaired) electrons. The van der Waals surface area contributed by atoms with E-state index in [1.807, 2.05) is 0 Å². The second-order valence-corrected chi connectivity index (χ2v) is 17.9. The minimum Gasteiger partial charge on any atom is -0.395 e. The van der Waals surface area contributed by atoms with Crippen molar-refractivity contribution in [3.63, 3.8) is 0 Å². The lowest BCUT2D eigenvalue weighted by atomic mass is 9.83. The van der Waals surface area contributed by atoms with E-state index in [2.05, 4.69) is 26.8 Å². The van der Waals surface area contributed by atoms with Gasteiger partial charge in [-0.05, 0) is 73.4 Å². The van der Waals surface area contributed by atoms with Crippen molar-refractivity contribution in [2.24, 2.45) is 24.1 Å². The number of carbonyl (C=O) groups is 1. The molecular weight excluding hydrogens is 843 g/mol. The number of nitrogens with one attached hydrogen (secondary N) is 1. The van der Waals surface area contributed by atoms with E-state index in [1.165, 1.54) is 36.0 Å². The Morgan fingerprint density at radius 3 is 2.37 bits per heavy atom. The van der Waals surface area contributed by atoms with Gasteiger partial charge in [-0.2, -0.15) is 32.1 Å². The van der Waals surface area contributed by atoms with Crippen LogP contribution < -0.4 is 10.5 Å². The SMILES string of the molecule is Cn1nc(NS(C)(=O)=O)c2c(Cl)ccc(-c3ccc(C#CC4(CO)CCCC4)nc3[C@@H](Cc3cc(F)cc(F)c3)C(C(N)=O)n3nc(C(F)(F)F)c4c3C(F)(F)[C@@H]3C[C@H]43)c21. The molecule has 11 nitrogen and oxygen atoms in total. The first kappa shape index (κ1) is 41.5. The molecule has 4 atom stereocenters. The number of fused-ring (bicyclic) bond motifs is 4. The highest BCUT2D eigenvalue weighted by molar-refractivity contribution is 7.92. The Balaban J connectivity index is 1.44. The number of carbonyl (C=O) groups excluding carboxylic acids is 1. The predicted octanol–water partition coefficient (Wildman–Crippen LogP) is 7.32. The first-order valence-electron chi connectivity index (χ1n) is 18.7. The van der Waals surface area contributed by atoms with Gasteiger partial charge in [-0.25, -0.2) is 26.9 Å². The number of hydrogen-bond acceptors (Lipinski definition) is 7. The lowest BCUT2D eigenvalue weighted by Crippen LogP contribution is -2.37. The topological polar surface area (TPSA) is 158 Å². The maximum absolute atomic E-state index is 16.2. The fourth-order valence-electron chi connectivity index (χ4n) is 8.93. The summed E-state index contributed by atoms with van der Waals surface area (Å²) in [7, 11) is -2.44. The number of aromatic nitrogens is 5. The Kier molecular flexibility index (Phi) is 10.0. The smallest absolute Gasteiger partial charge is 0.395 e. The predicted molar refractivity (Wildman–Crippen MR) is 205 cm³/mol. The normalized spacial score (nSPS) is 20.0. The van der Waals surface area contributed by atoms with Crippen molar-refractivity contribution in [2.75, 3.05) is 17.6 Å². The van der Waals surface area contributed by atoms with Crippen LogP contribution in [0.3, 0.4) is 0 Å². The molecule has 1 amide bonds. The van der Waals surface area contributed by atoms with Crippen LogP contribution in [0.5, 0.6) is 0 Å². The molecule has 1 unspecified atom stereocenters. The number of benzene rings is 2. The highest BCUT2D eigenvalue weighted by atomic mass is 35.5. The van der Waals surface area contributed by atoms with Gasteiger partial charge in [0.2, 0.25) is 15.9 Å². The largest absolute Gasteiger partial charge is 0.435 e. The summed E-state index contributed by atoms with van der Waals surface area (Å²) in [6, 6.07) is 6.07. The molecule has 60 heavy (non-hydrogen) atoms. The lowest BCUT2D eigenvalue weighted by Gasteiger charge is -2.29. The number of pyridine rings is 1. The minimum atomic E-state index is -5.22. The summed E-state index contributed by atoms with van der Waals surface area (Å²) in [6.07, 6.45) is -2.43. The van der Waals surface area contributed by atoms with E-state index in [4.69, 9.17) is 22.3 Å². The Morgan fingerprint density at radius 2 is 1.75 bits per heavy atom. The molecule has 5 aromatic rings. The highest BCUT2D eigenvalue weighted by Crippen LogP contribution is 2.69. The van der Waals surface area contributed by atoms with Gasteiger partial charge in [0.25, 0.3) is 5.92 Å². The third kappa shape index (κ3) is 7.25. The molecule has 2 aromatic carbocycles. The van der Waals surface area contributed by atoms with E-state index in [0.29, 0.717) is 23.6 Å². The number of hydrogen-bond donors (Lipinski definition) is 3. The number of halogens is 8. The van der Waals surface area contributed by atoms with Crippen LogP contribution in [-0.4, -0.2) is 56.8 Å². The van der Waals surface area contributed by atoms with Gasteiger partial charge in [-0.1, -0.05) is 36.4 Å². The molecule has 3 aliphatic carbocycles. The van der Waals surface area contributed by atoms with Crippen molar-refractivity contribution >= 4 is 44.3 Å². The van der Waals surface area contributed by atoms with Gasteiger partial charge < -0.3 is 10.8 Å². The Morgan fingerprint density at radius 1 is 1.08 bits per heavy atom. The van der Waals surface area contributed by atoms with Gasteiger partial charge >= 0.3 is 6.18 Å². The monoisotopic (exact) mass is 877 g/mol. The lowest BCUT2D eigenvalue weighted by molar-refractivity contribution is -0.142. The zero-order chi connectivity index (χ0) is 43.3. The number of sulfonamides is 1. The van der Waals surface area contributed by atoms with E-state index in [1.54, 1.807) is 0 Å². The van der Waals surface area contributed by atoms with E-state index in [9.17, 15) is 40.3 Å². The number of primary amides is 1. The Bertz CT molecular complexity index is 2750. The average Bonchev–Trinajstić information content (AvgIpc) is 3.38. The second kappa shape index (κ2) is 14.5. The number of aliphatic hydroxyl groups excluding tert-OH is 1. The molecule has 316 valence electrons. The van der Waals surface area contributed by atoms with Crippen LogP contribution in [0.1, 0.15) is 83.9 Å². The van der Waals surface area contributed by atoms with Crippen molar-refractivity contribution in [2.45, 2.75) is 68.5 Å². The zero-order valence-corrected chi connectivity index (χ0v) is 33.3. The number of nitrogens with zero attached hydrogens (tertiary/aromatic N) is 5. The molecule has 3 heterocycles. The third-order valence-corrected chi connectivity index (χ3v) is 12.5. The summed E-state index contributed by atoms with van der Waals surface area (Å²) >= 11 is 6.62. The van der Waals surface area contributed by atoms with E-state index in [-0.39, 0.29) is 62.8 Å². The van der Waals surface area contributed by atoms with E-state index < -0.39 is 92.2 Å². The molecule has 0 saturated heterocycles.